The molecule has 0 spiro atoms. The molecule has 0 radical (unpaired) electrons. The number of hydrogen-bond acceptors (Lipinski definition) is 4. The molecule has 0 heterocycles. The monoisotopic (exact) mass is 321 g/mol. The van der Waals surface area contributed by atoms with Crippen LogP contribution < -0.4 is 10.1 Å². The number of hydrogen-bond donors (Lipinski definition) is 1. The largest absolute Gasteiger partial charge is 0.489 e. The van der Waals surface area contributed by atoms with Crippen LogP contribution in [0, 0.1) is 0 Å². The lowest BCUT2D eigenvalue weighted by molar-refractivity contribution is 0.0543. The Morgan fingerprint density at radius 1 is 1.10 bits per heavy atom. The average Bonchev–Trinajstić information content (AvgIpc) is 2.42. The molecule has 1 aromatic rings. The summed E-state index contributed by atoms with van der Waals surface area (Å²) >= 11 is 12.2. The topological polar surface area (TPSA) is 39.7 Å². The summed E-state index contributed by atoms with van der Waals surface area (Å²) in [7, 11) is 1.64. The predicted octanol–water partition coefficient (Wildman–Crippen LogP) is 3.14. The molecule has 0 amide bonds. The Hall–Kier alpha value is -0.520. The Bertz CT molecular complexity index is 402. The van der Waals surface area contributed by atoms with Crippen LogP contribution in [0.15, 0.2) is 12.1 Å². The summed E-state index contributed by atoms with van der Waals surface area (Å²) in [6.45, 7) is 5.62. The van der Waals surface area contributed by atoms with Crippen LogP contribution in [0.25, 0.3) is 0 Å². The second kappa shape index (κ2) is 10.2. The maximum atomic E-state index is 6.18. The molecule has 0 aliphatic rings. The second-order valence-corrected chi connectivity index (χ2v) is 4.95. The fourth-order valence-corrected chi connectivity index (χ4v) is 2.20. The lowest BCUT2D eigenvalue weighted by Gasteiger charge is -2.14. The van der Waals surface area contributed by atoms with Gasteiger partial charge in [-0.1, -0.05) is 30.1 Å². The number of halogens is 2. The first kappa shape index (κ1) is 17.5. The normalized spacial score (nSPS) is 10.8. The van der Waals surface area contributed by atoms with E-state index in [1.807, 2.05) is 13.0 Å². The maximum absolute atomic E-state index is 6.18. The van der Waals surface area contributed by atoms with E-state index in [1.54, 1.807) is 13.2 Å². The van der Waals surface area contributed by atoms with Gasteiger partial charge in [0.2, 0.25) is 0 Å². The van der Waals surface area contributed by atoms with Crippen LogP contribution in [0.4, 0.5) is 0 Å². The Morgan fingerprint density at radius 2 is 1.85 bits per heavy atom. The van der Waals surface area contributed by atoms with Crippen molar-refractivity contribution in [2.24, 2.45) is 0 Å². The highest BCUT2D eigenvalue weighted by Gasteiger charge is 2.10. The molecule has 1 rings (SSSR count). The van der Waals surface area contributed by atoms with Crippen molar-refractivity contribution in [2.75, 3.05) is 40.1 Å². The number of nitrogens with one attached hydrogen (secondary N) is 1. The van der Waals surface area contributed by atoms with Crippen molar-refractivity contribution in [1.82, 2.24) is 5.32 Å². The van der Waals surface area contributed by atoms with Gasteiger partial charge in [0.25, 0.3) is 0 Å². The van der Waals surface area contributed by atoms with E-state index in [0.717, 1.165) is 12.1 Å². The predicted molar refractivity (Wildman–Crippen MR) is 82.0 cm³/mol. The van der Waals surface area contributed by atoms with E-state index < -0.39 is 0 Å². The molecule has 0 saturated heterocycles. The smallest absolute Gasteiger partial charge is 0.142 e. The van der Waals surface area contributed by atoms with E-state index in [2.05, 4.69) is 5.32 Å². The molecule has 6 heteroatoms. The SMILES string of the molecule is CCNCc1cc(Cl)cc(Cl)c1OCCOCCOC. The molecule has 20 heavy (non-hydrogen) atoms. The maximum Gasteiger partial charge on any atom is 0.142 e. The van der Waals surface area contributed by atoms with Gasteiger partial charge < -0.3 is 19.5 Å². The van der Waals surface area contributed by atoms with Gasteiger partial charge in [-0.25, -0.2) is 0 Å². The van der Waals surface area contributed by atoms with Crippen molar-refractivity contribution in [2.45, 2.75) is 13.5 Å². The lowest BCUT2D eigenvalue weighted by Crippen LogP contribution is -2.15. The van der Waals surface area contributed by atoms with Crippen LogP contribution in [0.1, 0.15) is 12.5 Å². The van der Waals surface area contributed by atoms with Gasteiger partial charge in [0.05, 0.1) is 24.8 Å². The third-order valence-corrected chi connectivity index (χ3v) is 3.06. The van der Waals surface area contributed by atoms with E-state index in [1.165, 1.54) is 0 Å². The molecular weight excluding hydrogens is 301 g/mol. The Kier molecular flexibility index (Phi) is 8.98. The van der Waals surface area contributed by atoms with Crippen LogP contribution in [-0.2, 0) is 16.0 Å². The van der Waals surface area contributed by atoms with E-state index >= 15 is 0 Å². The molecule has 0 unspecified atom stereocenters. The third kappa shape index (κ3) is 6.29. The van der Waals surface area contributed by atoms with Crippen molar-refractivity contribution in [3.63, 3.8) is 0 Å². The molecule has 0 aromatic heterocycles. The van der Waals surface area contributed by atoms with Crippen molar-refractivity contribution < 1.29 is 14.2 Å². The number of methoxy groups -OCH3 is 1. The standard InChI is InChI=1S/C14H21Cl2NO3/c1-3-17-10-11-8-12(15)9-13(16)14(11)20-7-6-19-5-4-18-2/h8-9,17H,3-7,10H2,1-2H3. The van der Waals surface area contributed by atoms with Gasteiger partial charge in [-0.2, -0.15) is 0 Å². The summed E-state index contributed by atoms with van der Waals surface area (Å²) in [6.07, 6.45) is 0. The van der Waals surface area contributed by atoms with Crippen molar-refractivity contribution in [3.05, 3.63) is 27.7 Å². The molecule has 0 aliphatic carbocycles. The van der Waals surface area contributed by atoms with Crippen LogP contribution in [0.2, 0.25) is 10.0 Å². The average molecular weight is 322 g/mol. The molecule has 1 N–H and O–H groups in total. The van der Waals surface area contributed by atoms with Crippen molar-refractivity contribution in [1.29, 1.82) is 0 Å². The number of benzene rings is 1. The number of rotatable bonds is 10. The first-order valence-electron chi connectivity index (χ1n) is 6.57. The van der Waals surface area contributed by atoms with Crippen LogP contribution in [-0.4, -0.2) is 40.1 Å². The van der Waals surface area contributed by atoms with E-state index in [0.29, 0.717) is 48.8 Å². The quantitative estimate of drug-likeness (QED) is 0.672. The zero-order valence-electron chi connectivity index (χ0n) is 11.9. The summed E-state index contributed by atoms with van der Waals surface area (Å²) in [5, 5.41) is 4.35. The third-order valence-electron chi connectivity index (χ3n) is 2.56. The van der Waals surface area contributed by atoms with E-state index in [9.17, 15) is 0 Å². The van der Waals surface area contributed by atoms with Crippen LogP contribution in [0.3, 0.4) is 0 Å². The second-order valence-electron chi connectivity index (χ2n) is 4.11. The minimum Gasteiger partial charge on any atom is -0.489 e. The van der Waals surface area contributed by atoms with Gasteiger partial charge in [-0.05, 0) is 18.7 Å². The summed E-state index contributed by atoms with van der Waals surface area (Å²) < 4.78 is 15.9. The molecule has 0 saturated carbocycles. The highest BCUT2D eigenvalue weighted by Crippen LogP contribution is 2.32. The summed E-state index contributed by atoms with van der Waals surface area (Å²) in [4.78, 5) is 0. The minimum absolute atomic E-state index is 0.435. The molecule has 0 fully saturated rings. The molecular formula is C14H21Cl2NO3. The Labute approximate surface area is 130 Å². The molecule has 0 aliphatic heterocycles. The molecule has 0 bridgehead atoms. The fourth-order valence-electron chi connectivity index (χ4n) is 1.61. The fraction of sp³-hybridized carbons (Fsp3) is 0.571. The van der Waals surface area contributed by atoms with Gasteiger partial charge in [-0.15, -0.1) is 0 Å². The molecule has 1 aromatic carbocycles. The number of ether oxygens (including phenoxy) is 3. The lowest BCUT2D eigenvalue weighted by atomic mass is 10.2. The first-order chi connectivity index (χ1) is 9.69. The van der Waals surface area contributed by atoms with Gasteiger partial charge in [0, 0.05) is 24.2 Å². The van der Waals surface area contributed by atoms with Gasteiger partial charge >= 0.3 is 0 Å². The zero-order chi connectivity index (χ0) is 14.8. The van der Waals surface area contributed by atoms with Gasteiger partial charge in [0.15, 0.2) is 0 Å². The zero-order valence-corrected chi connectivity index (χ0v) is 13.4. The summed E-state index contributed by atoms with van der Waals surface area (Å²) in [5.41, 5.74) is 0.946. The van der Waals surface area contributed by atoms with E-state index in [-0.39, 0.29) is 0 Å². The summed E-state index contributed by atoms with van der Waals surface area (Å²) in [5.74, 6) is 0.660. The van der Waals surface area contributed by atoms with E-state index in [4.69, 9.17) is 37.4 Å². The van der Waals surface area contributed by atoms with Crippen molar-refractivity contribution in [3.8, 4) is 5.75 Å². The Balaban J connectivity index is 2.53. The first-order valence-corrected chi connectivity index (χ1v) is 7.32. The van der Waals surface area contributed by atoms with Crippen LogP contribution >= 0.6 is 23.2 Å². The highest BCUT2D eigenvalue weighted by molar-refractivity contribution is 6.35. The highest BCUT2D eigenvalue weighted by atomic mass is 35.5. The Morgan fingerprint density at radius 3 is 2.55 bits per heavy atom. The molecule has 114 valence electrons. The molecule has 0 atom stereocenters. The van der Waals surface area contributed by atoms with Crippen molar-refractivity contribution >= 4 is 23.2 Å². The summed E-state index contributed by atoms with van der Waals surface area (Å²) in [6, 6.07) is 3.54. The van der Waals surface area contributed by atoms with Gasteiger partial charge in [0.1, 0.15) is 12.4 Å². The van der Waals surface area contributed by atoms with Gasteiger partial charge in [-0.3, -0.25) is 0 Å². The molecule has 4 nitrogen and oxygen atoms in total. The van der Waals surface area contributed by atoms with Crippen LogP contribution in [0.5, 0.6) is 5.75 Å². The minimum atomic E-state index is 0.435.